The Kier molecular flexibility index (Phi) is 6.38. The van der Waals surface area contributed by atoms with Gasteiger partial charge in [-0.2, -0.15) is 0 Å². The monoisotopic (exact) mass is 294 g/mol. The van der Waals surface area contributed by atoms with Gasteiger partial charge in [0, 0.05) is 11.4 Å². The number of aliphatic hydroxyl groups excluding tert-OH is 1. The van der Waals surface area contributed by atoms with E-state index in [1.807, 2.05) is 24.3 Å². The van der Waals surface area contributed by atoms with Crippen LogP contribution < -0.4 is 0 Å². The van der Waals surface area contributed by atoms with Gasteiger partial charge >= 0.3 is 0 Å². The smallest absolute Gasteiger partial charge is 0.0609 e. The van der Waals surface area contributed by atoms with E-state index in [9.17, 15) is 5.11 Å². The van der Waals surface area contributed by atoms with Crippen molar-refractivity contribution in [2.24, 2.45) is 11.8 Å². The molecule has 0 radical (unpaired) electrons. The van der Waals surface area contributed by atoms with Crippen molar-refractivity contribution in [3.05, 3.63) is 34.9 Å². The molecule has 0 bridgehead atoms. The first-order valence-electron chi connectivity index (χ1n) is 8.12. The molecule has 0 aromatic heterocycles. The summed E-state index contributed by atoms with van der Waals surface area (Å²) >= 11 is 6.18. The minimum absolute atomic E-state index is 0.234. The quantitative estimate of drug-likeness (QED) is 0.760. The average molecular weight is 295 g/mol. The molecule has 1 aromatic carbocycles. The summed E-state index contributed by atoms with van der Waals surface area (Å²) in [5.41, 5.74) is 1.08. The first-order chi connectivity index (χ1) is 9.70. The Labute approximate surface area is 128 Å². The van der Waals surface area contributed by atoms with E-state index in [2.05, 4.69) is 6.92 Å². The van der Waals surface area contributed by atoms with Crippen LogP contribution in [0.25, 0.3) is 0 Å². The van der Waals surface area contributed by atoms with Gasteiger partial charge in [-0.1, -0.05) is 68.8 Å². The number of aliphatic hydroxyl groups is 1. The number of hydrogen-bond donors (Lipinski definition) is 1. The highest BCUT2D eigenvalue weighted by molar-refractivity contribution is 6.31. The van der Waals surface area contributed by atoms with Crippen molar-refractivity contribution in [2.45, 2.75) is 64.4 Å². The molecule has 0 heterocycles. The molecule has 112 valence electrons. The second-order valence-corrected chi connectivity index (χ2v) is 6.69. The Morgan fingerprint density at radius 3 is 2.55 bits per heavy atom. The Bertz CT molecular complexity index is 396. The molecular formula is C18H27ClO. The second kappa shape index (κ2) is 8.05. The van der Waals surface area contributed by atoms with Crippen LogP contribution in [0, 0.1) is 11.8 Å². The fourth-order valence-electron chi connectivity index (χ4n) is 3.41. The Morgan fingerprint density at radius 1 is 1.20 bits per heavy atom. The van der Waals surface area contributed by atoms with Gasteiger partial charge in [-0.15, -0.1) is 0 Å². The summed E-state index contributed by atoms with van der Waals surface area (Å²) in [6.45, 7) is 2.26. The third kappa shape index (κ3) is 4.49. The molecule has 0 spiro atoms. The van der Waals surface area contributed by atoms with Crippen LogP contribution in [0.2, 0.25) is 5.02 Å². The zero-order valence-electron chi connectivity index (χ0n) is 12.5. The molecule has 1 aromatic rings. The molecule has 0 amide bonds. The lowest BCUT2D eigenvalue weighted by Gasteiger charge is -2.31. The molecule has 1 saturated carbocycles. The van der Waals surface area contributed by atoms with E-state index < -0.39 is 0 Å². The molecule has 1 unspecified atom stereocenters. The maximum atomic E-state index is 10.5. The fourth-order valence-corrected chi connectivity index (χ4v) is 3.62. The van der Waals surface area contributed by atoms with Crippen LogP contribution in [0.1, 0.15) is 57.4 Å². The van der Waals surface area contributed by atoms with E-state index in [0.717, 1.165) is 16.5 Å². The molecule has 2 heteroatoms. The summed E-state index contributed by atoms with van der Waals surface area (Å²) < 4.78 is 0. The van der Waals surface area contributed by atoms with E-state index in [1.54, 1.807) is 0 Å². The standard InChI is InChI=1S/C18H27ClO/c1-2-3-6-14-9-11-15(12-10-14)18(20)13-16-7-4-5-8-17(16)19/h4-5,7-8,14-15,18,20H,2-3,6,9-13H2,1H3. The maximum absolute atomic E-state index is 10.5. The van der Waals surface area contributed by atoms with Crippen molar-refractivity contribution in [1.29, 1.82) is 0 Å². The van der Waals surface area contributed by atoms with Crippen molar-refractivity contribution in [3.8, 4) is 0 Å². The highest BCUT2D eigenvalue weighted by Gasteiger charge is 2.26. The van der Waals surface area contributed by atoms with Gasteiger partial charge in [-0.3, -0.25) is 0 Å². The number of hydrogen-bond acceptors (Lipinski definition) is 1. The van der Waals surface area contributed by atoms with E-state index >= 15 is 0 Å². The number of unbranched alkanes of at least 4 members (excludes halogenated alkanes) is 1. The largest absolute Gasteiger partial charge is 0.392 e. The predicted molar refractivity (Wildman–Crippen MR) is 86.1 cm³/mol. The van der Waals surface area contributed by atoms with Gasteiger partial charge in [0.2, 0.25) is 0 Å². The van der Waals surface area contributed by atoms with Crippen LogP contribution in [0.4, 0.5) is 0 Å². The van der Waals surface area contributed by atoms with Crippen molar-refractivity contribution in [3.63, 3.8) is 0 Å². The van der Waals surface area contributed by atoms with E-state index in [4.69, 9.17) is 11.6 Å². The molecule has 1 nitrogen and oxygen atoms in total. The zero-order valence-corrected chi connectivity index (χ0v) is 13.3. The molecular weight excluding hydrogens is 268 g/mol. The van der Waals surface area contributed by atoms with Crippen molar-refractivity contribution < 1.29 is 5.11 Å². The highest BCUT2D eigenvalue weighted by atomic mass is 35.5. The van der Waals surface area contributed by atoms with Gasteiger partial charge in [0.25, 0.3) is 0 Å². The van der Waals surface area contributed by atoms with E-state index in [0.29, 0.717) is 12.3 Å². The van der Waals surface area contributed by atoms with Gasteiger partial charge in [-0.25, -0.2) is 0 Å². The van der Waals surface area contributed by atoms with Crippen LogP contribution in [-0.4, -0.2) is 11.2 Å². The van der Waals surface area contributed by atoms with Crippen LogP contribution in [-0.2, 0) is 6.42 Å². The summed E-state index contributed by atoms with van der Waals surface area (Å²) in [4.78, 5) is 0. The van der Waals surface area contributed by atoms with Crippen LogP contribution >= 0.6 is 11.6 Å². The lowest BCUT2D eigenvalue weighted by Crippen LogP contribution is -2.27. The molecule has 0 saturated heterocycles. The summed E-state index contributed by atoms with van der Waals surface area (Å²) in [7, 11) is 0. The van der Waals surface area contributed by atoms with Crippen LogP contribution in [0.5, 0.6) is 0 Å². The van der Waals surface area contributed by atoms with Crippen molar-refractivity contribution in [1.82, 2.24) is 0 Å². The Morgan fingerprint density at radius 2 is 1.90 bits per heavy atom. The lowest BCUT2D eigenvalue weighted by atomic mass is 9.76. The minimum Gasteiger partial charge on any atom is -0.392 e. The molecule has 1 fully saturated rings. The number of benzene rings is 1. The predicted octanol–water partition coefficient (Wildman–Crippen LogP) is 5.24. The first-order valence-corrected chi connectivity index (χ1v) is 8.50. The van der Waals surface area contributed by atoms with Gasteiger partial charge in [-0.05, 0) is 36.3 Å². The number of rotatable bonds is 6. The molecule has 0 aliphatic heterocycles. The molecule has 1 atom stereocenters. The van der Waals surface area contributed by atoms with Crippen LogP contribution in [0.3, 0.4) is 0 Å². The second-order valence-electron chi connectivity index (χ2n) is 6.29. The third-order valence-corrected chi connectivity index (χ3v) is 5.16. The summed E-state index contributed by atoms with van der Waals surface area (Å²) in [5, 5.41) is 11.2. The van der Waals surface area contributed by atoms with Gasteiger partial charge in [0.1, 0.15) is 0 Å². The molecule has 1 aliphatic carbocycles. The Balaban J connectivity index is 1.80. The normalized spacial score (nSPS) is 24.6. The van der Waals surface area contributed by atoms with Gasteiger partial charge in [0.05, 0.1) is 6.10 Å². The molecule has 1 N–H and O–H groups in total. The zero-order chi connectivity index (χ0) is 14.4. The maximum Gasteiger partial charge on any atom is 0.0609 e. The topological polar surface area (TPSA) is 20.2 Å². The van der Waals surface area contributed by atoms with Gasteiger partial charge < -0.3 is 5.11 Å². The minimum atomic E-state index is -0.234. The number of halogens is 1. The Hall–Kier alpha value is -0.530. The summed E-state index contributed by atoms with van der Waals surface area (Å²) in [5.74, 6) is 1.36. The van der Waals surface area contributed by atoms with Crippen molar-refractivity contribution in [2.75, 3.05) is 0 Å². The van der Waals surface area contributed by atoms with Crippen LogP contribution in [0.15, 0.2) is 24.3 Å². The average Bonchev–Trinajstić information content (AvgIpc) is 2.48. The summed E-state index contributed by atoms with van der Waals surface area (Å²) in [6, 6.07) is 7.87. The lowest BCUT2D eigenvalue weighted by molar-refractivity contribution is 0.0726. The molecule has 20 heavy (non-hydrogen) atoms. The molecule has 2 rings (SSSR count). The van der Waals surface area contributed by atoms with Gasteiger partial charge in [0.15, 0.2) is 0 Å². The SMILES string of the molecule is CCCCC1CCC(C(O)Cc2ccccc2Cl)CC1. The van der Waals surface area contributed by atoms with Crippen molar-refractivity contribution >= 4 is 11.6 Å². The van der Waals surface area contributed by atoms with E-state index in [1.165, 1.54) is 44.9 Å². The highest BCUT2D eigenvalue weighted by Crippen LogP contribution is 2.34. The molecule has 1 aliphatic rings. The third-order valence-electron chi connectivity index (χ3n) is 4.79. The summed E-state index contributed by atoms with van der Waals surface area (Å²) in [6.07, 6.45) is 9.46. The fraction of sp³-hybridized carbons (Fsp3) is 0.667. The van der Waals surface area contributed by atoms with E-state index in [-0.39, 0.29) is 6.10 Å². The first kappa shape index (κ1) is 15.9.